The lowest BCUT2D eigenvalue weighted by molar-refractivity contribution is -0.133. The minimum atomic E-state index is -0.607. The average Bonchev–Trinajstić information content (AvgIpc) is 3.25. The molecule has 0 bridgehead atoms. The van der Waals surface area contributed by atoms with Crippen LogP contribution in [-0.4, -0.2) is 67.0 Å². The quantitative estimate of drug-likeness (QED) is 0.596. The van der Waals surface area contributed by atoms with Gasteiger partial charge in [0.05, 0.1) is 7.11 Å². The van der Waals surface area contributed by atoms with Gasteiger partial charge in [-0.05, 0) is 48.6 Å². The summed E-state index contributed by atoms with van der Waals surface area (Å²) in [5.74, 6) is 0.303. The molecule has 7 heteroatoms. The van der Waals surface area contributed by atoms with Crippen LogP contribution in [0.2, 0.25) is 0 Å². The monoisotopic (exact) mass is 479 g/mol. The molecule has 4 rings (SSSR count). The van der Waals surface area contributed by atoms with Crippen LogP contribution in [-0.2, 0) is 16.0 Å². The number of benzene rings is 2. The molecular weight excluding hydrogens is 445 g/mol. The van der Waals surface area contributed by atoms with E-state index in [1.54, 1.807) is 19.2 Å². The van der Waals surface area contributed by atoms with Gasteiger partial charge in [-0.1, -0.05) is 42.5 Å². The van der Waals surface area contributed by atoms with Crippen molar-refractivity contribution >= 4 is 17.9 Å². The summed E-state index contributed by atoms with van der Waals surface area (Å²) in [6, 6.07) is 14.9. The van der Waals surface area contributed by atoms with Gasteiger partial charge in [0.1, 0.15) is 11.6 Å². The fourth-order valence-corrected chi connectivity index (χ4v) is 4.95. The molecule has 0 unspecified atom stereocenters. The largest absolute Gasteiger partial charge is 0.497 e. The van der Waals surface area contributed by atoms with Gasteiger partial charge < -0.3 is 15.0 Å². The number of amides is 2. The first kappa shape index (κ1) is 24.9. The first-order valence-corrected chi connectivity index (χ1v) is 12.3. The number of ether oxygens (including phenoxy) is 1. The van der Waals surface area contributed by atoms with Crippen molar-refractivity contribution in [1.82, 2.24) is 15.1 Å². The molecule has 2 fully saturated rings. The van der Waals surface area contributed by atoms with Crippen LogP contribution in [0.15, 0.2) is 54.6 Å². The number of carbonyl (C=O) groups excluding carboxylic acids is 2. The van der Waals surface area contributed by atoms with Gasteiger partial charge in [0.25, 0.3) is 0 Å². The Morgan fingerprint density at radius 3 is 2.60 bits per heavy atom. The lowest BCUT2D eigenvalue weighted by atomic mass is 9.84. The second-order valence-electron chi connectivity index (χ2n) is 9.46. The minimum Gasteiger partial charge on any atom is -0.497 e. The van der Waals surface area contributed by atoms with E-state index in [0.29, 0.717) is 56.5 Å². The molecule has 0 saturated carbocycles. The van der Waals surface area contributed by atoms with E-state index in [1.807, 2.05) is 23.1 Å². The SMILES string of the molecule is COc1ccc(F)c(C[C@]2(CCC(=O)N3CCN(C/C=C/c4ccccc4)CC3)CCC(=O)N2)c1. The maximum absolute atomic E-state index is 14.5. The van der Waals surface area contributed by atoms with Gasteiger partial charge in [0.15, 0.2) is 0 Å². The maximum atomic E-state index is 14.5. The molecule has 186 valence electrons. The van der Waals surface area contributed by atoms with Crippen molar-refractivity contribution in [3.8, 4) is 5.75 Å². The van der Waals surface area contributed by atoms with E-state index >= 15 is 0 Å². The van der Waals surface area contributed by atoms with Crippen molar-refractivity contribution in [2.24, 2.45) is 0 Å². The summed E-state index contributed by atoms with van der Waals surface area (Å²) in [4.78, 5) is 29.3. The smallest absolute Gasteiger partial charge is 0.222 e. The third-order valence-corrected chi connectivity index (χ3v) is 7.03. The topological polar surface area (TPSA) is 61.9 Å². The normalized spacial score (nSPS) is 20.9. The first-order valence-electron chi connectivity index (χ1n) is 12.3. The number of rotatable bonds is 9. The molecule has 2 saturated heterocycles. The number of carbonyl (C=O) groups is 2. The number of halogens is 1. The summed E-state index contributed by atoms with van der Waals surface area (Å²) in [5.41, 5.74) is 1.07. The molecular formula is C28H34FN3O3. The highest BCUT2D eigenvalue weighted by molar-refractivity contribution is 5.80. The highest BCUT2D eigenvalue weighted by atomic mass is 19.1. The summed E-state index contributed by atoms with van der Waals surface area (Å²) >= 11 is 0. The van der Waals surface area contributed by atoms with Crippen molar-refractivity contribution < 1.29 is 18.7 Å². The van der Waals surface area contributed by atoms with Gasteiger partial charge >= 0.3 is 0 Å². The van der Waals surface area contributed by atoms with Crippen LogP contribution >= 0.6 is 0 Å². The Morgan fingerprint density at radius 2 is 1.91 bits per heavy atom. The van der Waals surface area contributed by atoms with Gasteiger partial charge in [-0.25, -0.2) is 4.39 Å². The Hall–Kier alpha value is -3.19. The van der Waals surface area contributed by atoms with Crippen LogP contribution in [0.25, 0.3) is 6.08 Å². The van der Waals surface area contributed by atoms with Gasteiger partial charge in [-0.15, -0.1) is 0 Å². The Morgan fingerprint density at radius 1 is 1.14 bits per heavy atom. The van der Waals surface area contributed by atoms with Crippen molar-refractivity contribution in [2.75, 3.05) is 39.8 Å². The molecule has 35 heavy (non-hydrogen) atoms. The summed E-state index contributed by atoms with van der Waals surface area (Å²) in [6.45, 7) is 3.92. The Balaban J connectivity index is 1.29. The zero-order valence-corrected chi connectivity index (χ0v) is 20.3. The Labute approximate surface area is 206 Å². The molecule has 2 aliphatic rings. The summed E-state index contributed by atoms with van der Waals surface area (Å²) in [6.07, 6.45) is 6.45. The molecule has 0 aliphatic carbocycles. The second-order valence-corrected chi connectivity index (χ2v) is 9.46. The van der Waals surface area contributed by atoms with E-state index in [1.165, 1.54) is 11.6 Å². The molecule has 2 aromatic carbocycles. The number of hydrogen-bond acceptors (Lipinski definition) is 4. The molecule has 2 amide bonds. The van der Waals surface area contributed by atoms with E-state index in [2.05, 4.69) is 34.5 Å². The van der Waals surface area contributed by atoms with Crippen LogP contribution in [0.5, 0.6) is 5.75 Å². The van der Waals surface area contributed by atoms with Crippen molar-refractivity contribution in [1.29, 1.82) is 0 Å². The number of hydrogen-bond donors (Lipinski definition) is 1. The number of nitrogens with one attached hydrogen (secondary N) is 1. The van der Waals surface area contributed by atoms with Gasteiger partial charge in [0, 0.05) is 51.1 Å². The second kappa shape index (κ2) is 11.5. The van der Waals surface area contributed by atoms with Gasteiger partial charge in [0.2, 0.25) is 11.8 Å². The van der Waals surface area contributed by atoms with Gasteiger partial charge in [-0.2, -0.15) is 0 Å². The summed E-state index contributed by atoms with van der Waals surface area (Å²) in [7, 11) is 1.54. The van der Waals surface area contributed by atoms with Crippen molar-refractivity contribution in [3.05, 3.63) is 71.6 Å². The standard InChI is InChI=1S/C28H34FN3O3/c1-35-24-9-10-25(29)23(20-24)21-28(13-11-26(33)30-28)14-12-27(34)32-18-16-31(17-19-32)15-5-8-22-6-3-2-4-7-22/h2-10,20H,11-19,21H2,1H3,(H,30,33)/b8-5+/t28-/m1/s1. The summed E-state index contributed by atoms with van der Waals surface area (Å²) < 4.78 is 19.7. The van der Waals surface area contributed by atoms with E-state index in [4.69, 9.17) is 4.74 Å². The number of piperazine rings is 1. The molecule has 1 atom stereocenters. The van der Waals surface area contributed by atoms with Crippen molar-refractivity contribution in [3.63, 3.8) is 0 Å². The zero-order valence-electron chi connectivity index (χ0n) is 20.3. The van der Waals surface area contributed by atoms with E-state index in [9.17, 15) is 14.0 Å². The van der Waals surface area contributed by atoms with E-state index in [-0.39, 0.29) is 17.6 Å². The summed E-state index contributed by atoms with van der Waals surface area (Å²) in [5, 5.41) is 3.05. The third-order valence-electron chi connectivity index (χ3n) is 7.03. The van der Waals surface area contributed by atoms with Crippen LogP contribution in [0.1, 0.15) is 36.8 Å². The van der Waals surface area contributed by atoms with E-state index in [0.717, 1.165) is 19.6 Å². The molecule has 0 radical (unpaired) electrons. The Kier molecular flexibility index (Phi) is 8.18. The average molecular weight is 480 g/mol. The lowest BCUT2D eigenvalue weighted by Crippen LogP contribution is -2.49. The fraction of sp³-hybridized carbons (Fsp3) is 0.429. The lowest BCUT2D eigenvalue weighted by Gasteiger charge is -2.35. The third kappa shape index (κ3) is 6.69. The number of nitrogens with zero attached hydrogens (tertiary/aromatic N) is 2. The highest BCUT2D eigenvalue weighted by Gasteiger charge is 2.39. The predicted molar refractivity (Wildman–Crippen MR) is 134 cm³/mol. The van der Waals surface area contributed by atoms with Crippen LogP contribution in [0.4, 0.5) is 4.39 Å². The molecule has 2 aromatic rings. The maximum Gasteiger partial charge on any atom is 0.222 e. The van der Waals surface area contributed by atoms with E-state index < -0.39 is 5.54 Å². The first-order chi connectivity index (χ1) is 17.0. The van der Waals surface area contributed by atoms with Crippen LogP contribution in [0, 0.1) is 5.82 Å². The van der Waals surface area contributed by atoms with Crippen molar-refractivity contribution in [2.45, 2.75) is 37.6 Å². The molecule has 2 heterocycles. The van der Waals surface area contributed by atoms with Gasteiger partial charge in [-0.3, -0.25) is 14.5 Å². The molecule has 2 aliphatic heterocycles. The predicted octanol–water partition coefficient (Wildman–Crippen LogP) is 3.66. The molecule has 0 aromatic heterocycles. The number of methoxy groups -OCH3 is 1. The molecule has 6 nitrogen and oxygen atoms in total. The fourth-order valence-electron chi connectivity index (χ4n) is 4.95. The zero-order chi connectivity index (χ0) is 24.7. The molecule has 0 spiro atoms. The van der Waals surface area contributed by atoms with Crippen LogP contribution in [0.3, 0.4) is 0 Å². The Bertz CT molecular complexity index is 1050. The van der Waals surface area contributed by atoms with Crippen LogP contribution < -0.4 is 10.1 Å². The highest BCUT2D eigenvalue weighted by Crippen LogP contribution is 2.32. The molecule has 1 N–H and O–H groups in total. The minimum absolute atomic E-state index is 0.0436.